The molecule has 158 valence electrons. The number of benzene rings is 2. The van der Waals surface area contributed by atoms with Crippen molar-refractivity contribution in [2.75, 3.05) is 7.11 Å². The van der Waals surface area contributed by atoms with Crippen LogP contribution in [-0.4, -0.2) is 27.7 Å². The summed E-state index contributed by atoms with van der Waals surface area (Å²) in [5.74, 6) is 0.511. The zero-order valence-electron chi connectivity index (χ0n) is 17.4. The van der Waals surface area contributed by atoms with Crippen molar-refractivity contribution in [2.45, 2.75) is 20.4 Å². The number of aromatic nitrogens is 1. The molecule has 0 aliphatic carbocycles. The molecule has 0 unspecified atom stereocenters. The van der Waals surface area contributed by atoms with Crippen molar-refractivity contribution < 1.29 is 14.3 Å². The van der Waals surface area contributed by atoms with Crippen LogP contribution in [0.3, 0.4) is 0 Å². The third-order valence-corrected chi connectivity index (χ3v) is 6.91. The first-order valence-corrected chi connectivity index (χ1v) is 11.3. The molecule has 0 radical (unpaired) electrons. The fraction of sp³-hybridized carbons (Fsp3) is 0.167. The summed E-state index contributed by atoms with van der Waals surface area (Å²) in [5.41, 5.74) is 4.80. The number of nitrogens with zero attached hydrogens (tertiary/aromatic N) is 2. The average Bonchev–Trinajstić information content (AvgIpc) is 3.18. The number of aryl methyl sites for hydroxylation is 1. The normalized spacial score (nSPS) is 15.2. The van der Waals surface area contributed by atoms with Gasteiger partial charge in [-0.25, -0.2) is 0 Å². The Hall–Kier alpha value is -2.77. The predicted molar refractivity (Wildman–Crippen MR) is 127 cm³/mol. The number of imide groups is 1. The third-order valence-electron chi connectivity index (χ3n) is 5.23. The zero-order valence-corrected chi connectivity index (χ0v) is 19.8. The molecule has 1 fully saturated rings. The first-order chi connectivity index (χ1) is 14.9. The van der Waals surface area contributed by atoms with Gasteiger partial charge in [0.15, 0.2) is 0 Å². The van der Waals surface area contributed by atoms with Gasteiger partial charge in [-0.05, 0) is 67.1 Å². The third kappa shape index (κ3) is 4.20. The smallest absolute Gasteiger partial charge is 0.293 e. The number of hydrogen-bond acceptors (Lipinski definition) is 4. The maximum Gasteiger partial charge on any atom is 0.293 e. The summed E-state index contributed by atoms with van der Waals surface area (Å²) in [4.78, 5) is 27.2. The van der Waals surface area contributed by atoms with Gasteiger partial charge in [-0.2, -0.15) is 0 Å². The van der Waals surface area contributed by atoms with Gasteiger partial charge in [0.2, 0.25) is 0 Å². The van der Waals surface area contributed by atoms with Crippen LogP contribution in [-0.2, 0) is 11.3 Å². The molecule has 2 amide bonds. The second-order valence-corrected chi connectivity index (χ2v) is 9.07. The first-order valence-electron chi connectivity index (χ1n) is 9.71. The second kappa shape index (κ2) is 8.77. The molecular weight excluding hydrogens is 476 g/mol. The standard InChI is InChI=1S/C24H21BrN2O3S/c1-15-11-18(16(2)27(15)19-8-6-9-20(13-19)30-3)12-22-23(28)26(24(29)31-22)14-17-7-4-5-10-21(17)25/h4-13H,14H2,1-3H3/b22-12-. The number of hydrogen-bond donors (Lipinski definition) is 0. The SMILES string of the molecule is COc1cccc(-n2c(C)cc(/C=C3\SC(=O)N(Cc4ccccc4Br)C3=O)c2C)c1. The van der Waals surface area contributed by atoms with Crippen molar-refractivity contribution >= 4 is 44.9 Å². The van der Waals surface area contributed by atoms with Crippen LogP contribution in [0.5, 0.6) is 5.75 Å². The summed E-state index contributed by atoms with van der Waals surface area (Å²) in [6.07, 6.45) is 1.81. The van der Waals surface area contributed by atoms with Crippen molar-refractivity contribution in [1.29, 1.82) is 0 Å². The van der Waals surface area contributed by atoms with Crippen LogP contribution in [0.1, 0.15) is 22.5 Å². The van der Waals surface area contributed by atoms with E-state index >= 15 is 0 Å². The van der Waals surface area contributed by atoms with E-state index in [1.54, 1.807) is 7.11 Å². The van der Waals surface area contributed by atoms with Crippen molar-refractivity contribution in [3.63, 3.8) is 0 Å². The molecule has 1 aliphatic heterocycles. The number of carbonyl (C=O) groups excluding carboxylic acids is 2. The molecule has 4 rings (SSSR count). The summed E-state index contributed by atoms with van der Waals surface area (Å²) >= 11 is 4.46. The highest BCUT2D eigenvalue weighted by atomic mass is 79.9. The van der Waals surface area contributed by atoms with E-state index in [0.717, 1.165) is 50.2 Å². The van der Waals surface area contributed by atoms with E-state index < -0.39 is 0 Å². The molecule has 0 N–H and O–H groups in total. The molecule has 31 heavy (non-hydrogen) atoms. The predicted octanol–water partition coefficient (Wildman–Crippen LogP) is 6.10. The van der Waals surface area contributed by atoms with Gasteiger partial charge in [0.25, 0.3) is 11.1 Å². The van der Waals surface area contributed by atoms with Crippen molar-refractivity contribution in [1.82, 2.24) is 9.47 Å². The summed E-state index contributed by atoms with van der Waals surface area (Å²) in [7, 11) is 1.64. The van der Waals surface area contributed by atoms with Gasteiger partial charge >= 0.3 is 0 Å². The van der Waals surface area contributed by atoms with E-state index in [2.05, 4.69) is 20.5 Å². The number of halogens is 1. The van der Waals surface area contributed by atoms with Gasteiger partial charge in [0.05, 0.1) is 18.6 Å². The van der Waals surface area contributed by atoms with Gasteiger partial charge in [-0.1, -0.05) is 40.2 Å². The Morgan fingerprint density at radius 1 is 1.06 bits per heavy atom. The van der Waals surface area contributed by atoms with Crippen LogP contribution >= 0.6 is 27.7 Å². The Balaban J connectivity index is 1.64. The zero-order chi connectivity index (χ0) is 22.1. The monoisotopic (exact) mass is 496 g/mol. The summed E-state index contributed by atoms with van der Waals surface area (Å²) < 4.78 is 8.33. The fourth-order valence-corrected chi connectivity index (χ4v) is 4.89. The minimum absolute atomic E-state index is 0.242. The lowest BCUT2D eigenvalue weighted by atomic mass is 10.2. The molecule has 7 heteroatoms. The van der Waals surface area contributed by atoms with Gasteiger partial charge in [0.1, 0.15) is 5.75 Å². The number of ether oxygens (including phenoxy) is 1. The molecule has 2 heterocycles. The highest BCUT2D eigenvalue weighted by molar-refractivity contribution is 9.10. The van der Waals surface area contributed by atoms with Gasteiger partial charge < -0.3 is 9.30 Å². The van der Waals surface area contributed by atoms with Gasteiger partial charge in [-0.15, -0.1) is 0 Å². The Kier molecular flexibility index (Phi) is 6.07. The molecule has 0 spiro atoms. The number of carbonyl (C=O) groups is 2. The van der Waals surface area contributed by atoms with E-state index in [0.29, 0.717) is 4.91 Å². The van der Waals surface area contributed by atoms with Crippen LogP contribution in [0.4, 0.5) is 4.79 Å². The maximum absolute atomic E-state index is 13.0. The summed E-state index contributed by atoms with van der Waals surface area (Å²) in [6, 6.07) is 17.4. The molecule has 1 saturated heterocycles. The Morgan fingerprint density at radius 3 is 2.58 bits per heavy atom. The fourth-order valence-electron chi connectivity index (χ4n) is 3.66. The van der Waals surface area contributed by atoms with Crippen molar-refractivity contribution in [2.24, 2.45) is 0 Å². The first kappa shape index (κ1) is 21.5. The minimum atomic E-state index is -0.267. The van der Waals surface area contributed by atoms with E-state index in [9.17, 15) is 9.59 Å². The number of rotatable bonds is 5. The largest absolute Gasteiger partial charge is 0.497 e. The number of amides is 2. The van der Waals surface area contributed by atoms with Crippen LogP contribution in [0.25, 0.3) is 11.8 Å². The Labute approximate surface area is 193 Å². The topological polar surface area (TPSA) is 51.5 Å². The number of thioether (sulfide) groups is 1. The van der Waals surface area contributed by atoms with Crippen LogP contribution in [0.2, 0.25) is 0 Å². The second-order valence-electron chi connectivity index (χ2n) is 7.22. The van der Waals surface area contributed by atoms with E-state index in [-0.39, 0.29) is 17.7 Å². The molecule has 1 aromatic heterocycles. The Morgan fingerprint density at radius 2 is 1.84 bits per heavy atom. The molecule has 2 aromatic carbocycles. The number of methoxy groups -OCH3 is 1. The summed E-state index contributed by atoms with van der Waals surface area (Å²) in [5, 5.41) is -0.256. The maximum atomic E-state index is 13.0. The van der Waals surface area contributed by atoms with E-state index in [4.69, 9.17) is 4.74 Å². The van der Waals surface area contributed by atoms with Crippen LogP contribution in [0, 0.1) is 13.8 Å². The lowest BCUT2D eigenvalue weighted by molar-refractivity contribution is -0.123. The lowest BCUT2D eigenvalue weighted by Gasteiger charge is -2.13. The van der Waals surface area contributed by atoms with Gasteiger partial charge in [0, 0.05) is 27.6 Å². The quantitative estimate of drug-likeness (QED) is 0.400. The van der Waals surface area contributed by atoms with Crippen LogP contribution in [0.15, 0.2) is 64.0 Å². The molecule has 3 aromatic rings. The van der Waals surface area contributed by atoms with E-state index in [1.165, 1.54) is 4.90 Å². The average molecular weight is 497 g/mol. The Bertz CT molecular complexity index is 1220. The van der Waals surface area contributed by atoms with Gasteiger partial charge in [-0.3, -0.25) is 14.5 Å². The summed E-state index contributed by atoms with van der Waals surface area (Å²) in [6.45, 7) is 4.26. The van der Waals surface area contributed by atoms with Crippen molar-refractivity contribution in [3.05, 3.63) is 86.5 Å². The van der Waals surface area contributed by atoms with E-state index in [1.807, 2.05) is 74.5 Å². The van der Waals surface area contributed by atoms with Crippen LogP contribution < -0.4 is 4.74 Å². The lowest BCUT2D eigenvalue weighted by Crippen LogP contribution is -2.27. The highest BCUT2D eigenvalue weighted by Crippen LogP contribution is 2.35. The highest BCUT2D eigenvalue weighted by Gasteiger charge is 2.35. The molecular formula is C24H21BrN2O3S. The molecule has 0 bridgehead atoms. The van der Waals surface area contributed by atoms with Crippen molar-refractivity contribution in [3.8, 4) is 11.4 Å². The molecule has 5 nitrogen and oxygen atoms in total. The molecule has 1 aliphatic rings. The minimum Gasteiger partial charge on any atom is -0.497 e. The molecule has 0 atom stereocenters. The molecule has 0 saturated carbocycles.